The summed E-state index contributed by atoms with van der Waals surface area (Å²) in [5, 5.41) is 4.99. The maximum atomic E-state index is 11.5. The van der Waals surface area contributed by atoms with Crippen LogP contribution in [-0.2, 0) is 22.5 Å². The van der Waals surface area contributed by atoms with E-state index in [4.69, 9.17) is 21.1 Å². The molecule has 0 aliphatic heterocycles. The van der Waals surface area contributed by atoms with Gasteiger partial charge in [-0.2, -0.15) is 0 Å². The van der Waals surface area contributed by atoms with Crippen LogP contribution in [-0.4, -0.2) is 30.2 Å². The molecule has 0 bridgehead atoms. The maximum absolute atomic E-state index is 11.5. The third-order valence-electron chi connectivity index (χ3n) is 4.53. The lowest BCUT2D eigenvalue weighted by molar-refractivity contribution is -0.140. The van der Waals surface area contributed by atoms with Crippen LogP contribution in [0.15, 0.2) is 18.2 Å². The van der Waals surface area contributed by atoms with Gasteiger partial charge in [0, 0.05) is 17.8 Å². The maximum Gasteiger partial charge on any atom is 0.305 e. The van der Waals surface area contributed by atoms with Gasteiger partial charge in [-0.05, 0) is 37.1 Å². The molecule has 2 aromatic heterocycles. The van der Waals surface area contributed by atoms with E-state index >= 15 is 0 Å². The van der Waals surface area contributed by atoms with E-state index < -0.39 is 0 Å². The first kappa shape index (κ1) is 20.4. The number of nitrogens with zero attached hydrogens (tertiary/aromatic N) is 2. The number of methoxy groups -OCH3 is 2. The van der Waals surface area contributed by atoms with E-state index in [9.17, 15) is 4.79 Å². The number of hydrogen-bond donors (Lipinski definition) is 1. The van der Waals surface area contributed by atoms with E-state index in [1.807, 2.05) is 18.2 Å². The van der Waals surface area contributed by atoms with E-state index in [0.717, 1.165) is 27.2 Å². The van der Waals surface area contributed by atoms with E-state index in [1.165, 1.54) is 12.0 Å². The Morgan fingerprint density at radius 3 is 2.71 bits per heavy atom. The second-order valence-electron chi connectivity index (χ2n) is 6.35. The molecule has 6 nitrogen and oxygen atoms in total. The first-order chi connectivity index (χ1) is 13.4. The molecule has 0 aliphatic rings. The van der Waals surface area contributed by atoms with Gasteiger partial charge >= 0.3 is 5.97 Å². The van der Waals surface area contributed by atoms with Crippen molar-refractivity contribution in [1.82, 2.24) is 9.97 Å². The number of fused-ring (bicyclic) bond motifs is 1. The van der Waals surface area contributed by atoms with E-state index in [-0.39, 0.29) is 12.4 Å². The smallest absolute Gasteiger partial charge is 0.305 e. The number of rotatable bonds is 7. The summed E-state index contributed by atoms with van der Waals surface area (Å²) in [7, 11) is 2.97. The minimum absolute atomic E-state index is 0.249. The lowest BCUT2D eigenvalue weighted by Crippen LogP contribution is -2.08. The SMILES string of the molecule is COC(=O)CCc1nc(NCc2ccc(OC)c(Cl)c2)c2c(C)c(C)sc2n1. The fourth-order valence-corrected chi connectivity index (χ4v) is 4.18. The number of halogens is 1. The van der Waals surface area contributed by atoms with Crippen LogP contribution in [0.2, 0.25) is 5.02 Å². The number of aryl methyl sites for hydroxylation is 3. The zero-order chi connectivity index (χ0) is 20.3. The second kappa shape index (κ2) is 8.75. The van der Waals surface area contributed by atoms with Gasteiger partial charge in [-0.1, -0.05) is 17.7 Å². The number of aromatic nitrogens is 2. The third-order valence-corrected chi connectivity index (χ3v) is 5.93. The Balaban J connectivity index is 1.89. The monoisotopic (exact) mass is 419 g/mol. The van der Waals surface area contributed by atoms with Crippen molar-refractivity contribution >= 4 is 44.9 Å². The number of benzene rings is 1. The molecule has 0 aliphatic carbocycles. The lowest BCUT2D eigenvalue weighted by Gasteiger charge is -2.11. The summed E-state index contributed by atoms with van der Waals surface area (Å²) in [5.41, 5.74) is 2.17. The summed E-state index contributed by atoms with van der Waals surface area (Å²) in [6, 6.07) is 5.67. The quantitative estimate of drug-likeness (QED) is 0.560. The van der Waals surface area contributed by atoms with Gasteiger partial charge in [0.1, 0.15) is 22.2 Å². The first-order valence-corrected chi connectivity index (χ1v) is 10.0. The summed E-state index contributed by atoms with van der Waals surface area (Å²) in [4.78, 5) is 22.9. The number of hydrogen-bond acceptors (Lipinski definition) is 7. The van der Waals surface area contributed by atoms with Crippen molar-refractivity contribution in [2.24, 2.45) is 0 Å². The molecule has 1 aromatic carbocycles. The van der Waals surface area contributed by atoms with Gasteiger partial charge in [0.15, 0.2) is 0 Å². The van der Waals surface area contributed by atoms with Gasteiger partial charge in [-0.15, -0.1) is 11.3 Å². The molecule has 3 rings (SSSR count). The van der Waals surface area contributed by atoms with Crippen molar-refractivity contribution in [3.8, 4) is 5.75 Å². The highest BCUT2D eigenvalue weighted by atomic mass is 35.5. The van der Waals surface area contributed by atoms with Crippen molar-refractivity contribution in [3.05, 3.63) is 45.1 Å². The van der Waals surface area contributed by atoms with Crippen LogP contribution in [0.5, 0.6) is 5.75 Å². The Bertz CT molecular complexity index is 1020. The Hall–Kier alpha value is -2.38. The molecule has 0 saturated heterocycles. The molecule has 0 fully saturated rings. The van der Waals surface area contributed by atoms with Crippen LogP contribution in [0, 0.1) is 13.8 Å². The van der Waals surface area contributed by atoms with Crippen LogP contribution >= 0.6 is 22.9 Å². The van der Waals surface area contributed by atoms with Crippen molar-refractivity contribution in [3.63, 3.8) is 0 Å². The number of ether oxygens (including phenoxy) is 2. The van der Waals surface area contributed by atoms with Gasteiger partial charge in [0.05, 0.1) is 31.0 Å². The van der Waals surface area contributed by atoms with Crippen molar-refractivity contribution < 1.29 is 14.3 Å². The molecule has 1 N–H and O–H groups in total. The van der Waals surface area contributed by atoms with Gasteiger partial charge in [0.25, 0.3) is 0 Å². The van der Waals surface area contributed by atoms with Crippen LogP contribution < -0.4 is 10.1 Å². The molecule has 8 heteroatoms. The highest BCUT2D eigenvalue weighted by Gasteiger charge is 2.15. The predicted octanol–water partition coefficient (Wildman–Crippen LogP) is 4.69. The fourth-order valence-electron chi connectivity index (χ4n) is 2.86. The fraction of sp³-hybridized carbons (Fsp3) is 0.350. The summed E-state index contributed by atoms with van der Waals surface area (Å²) in [6.45, 7) is 4.70. The van der Waals surface area contributed by atoms with Crippen LogP contribution in [0.25, 0.3) is 10.2 Å². The largest absolute Gasteiger partial charge is 0.495 e. The standard InChI is InChI=1S/C20H22ClN3O3S/c1-11-12(2)28-20-18(11)19(23-16(24-20)7-8-17(25)27-4)22-10-13-5-6-15(26-3)14(21)9-13/h5-6,9H,7-8,10H2,1-4H3,(H,22,23,24). The summed E-state index contributed by atoms with van der Waals surface area (Å²) < 4.78 is 9.92. The molecule has 0 spiro atoms. The highest BCUT2D eigenvalue weighted by molar-refractivity contribution is 7.18. The van der Waals surface area contributed by atoms with Gasteiger partial charge in [-0.25, -0.2) is 9.97 Å². The van der Waals surface area contributed by atoms with Crippen molar-refractivity contribution in [2.45, 2.75) is 33.2 Å². The molecule has 0 radical (unpaired) electrons. The normalized spacial score (nSPS) is 10.9. The lowest BCUT2D eigenvalue weighted by atomic mass is 10.2. The van der Waals surface area contributed by atoms with Gasteiger partial charge < -0.3 is 14.8 Å². The summed E-state index contributed by atoms with van der Waals surface area (Å²) >= 11 is 7.86. The number of anilines is 1. The van der Waals surface area contributed by atoms with Crippen molar-refractivity contribution in [2.75, 3.05) is 19.5 Å². The molecule has 28 heavy (non-hydrogen) atoms. The average molecular weight is 420 g/mol. The topological polar surface area (TPSA) is 73.3 Å². The number of carbonyl (C=O) groups excluding carboxylic acids is 1. The molecule has 2 heterocycles. The minimum Gasteiger partial charge on any atom is -0.495 e. The van der Waals surface area contributed by atoms with E-state index in [1.54, 1.807) is 18.4 Å². The highest BCUT2D eigenvalue weighted by Crippen LogP contribution is 2.34. The minimum atomic E-state index is -0.273. The predicted molar refractivity (Wildman–Crippen MR) is 113 cm³/mol. The first-order valence-electron chi connectivity index (χ1n) is 8.82. The van der Waals surface area contributed by atoms with E-state index in [0.29, 0.717) is 29.6 Å². The number of carbonyl (C=O) groups is 1. The summed E-state index contributed by atoms with van der Waals surface area (Å²) in [6.07, 6.45) is 0.681. The van der Waals surface area contributed by atoms with Gasteiger partial charge in [-0.3, -0.25) is 4.79 Å². The third kappa shape index (κ3) is 4.36. The number of thiophene rings is 1. The average Bonchev–Trinajstić information content (AvgIpc) is 2.98. The number of nitrogens with one attached hydrogen (secondary N) is 1. The Kier molecular flexibility index (Phi) is 6.36. The molecule has 0 unspecified atom stereocenters. The summed E-state index contributed by atoms with van der Waals surface area (Å²) in [5.74, 6) is 1.75. The second-order valence-corrected chi connectivity index (χ2v) is 7.96. The van der Waals surface area contributed by atoms with E-state index in [2.05, 4.69) is 29.1 Å². The Morgan fingerprint density at radius 2 is 2.04 bits per heavy atom. The molecular weight excluding hydrogens is 398 g/mol. The van der Waals surface area contributed by atoms with Crippen LogP contribution in [0.3, 0.4) is 0 Å². The zero-order valence-corrected chi connectivity index (χ0v) is 17.8. The molecule has 3 aromatic rings. The Labute approximate surface area is 172 Å². The zero-order valence-electron chi connectivity index (χ0n) is 16.3. The molecular formula is C20H22ClN3O3S. The van der Waals surface area contributed by atoms with Crippen LogP contribution in [0.4, 0.5) is 5.82 Å². The van der Waals surface area contributed by atoms with Crippen LogP contribution in [0.1, 0.15) is 28.2 Å². The number of esters is 1. The van der Waals surface area contributed by atoms with Crippen molar-refractivity contribution in [1.29, 1.82) is 0 Å². The molecule has 0 atom stereocenters. The molecule has 0 amide bonds. The van der Waals surface area contributed by atoms with Gasteiger partial charge in [0.2, 0.25) is 0 Å². The molecule has 0 saturated carbocycles. The molecule has 148 valence electrons. The Morgan fingerprint density at radius 1 is 1.25 bits per heavy atom.